The predicted octanol–water partition coefficient (Wildman–Crippen LogP) is -0.563. The molecule has 36 heavy (non-hydrogen) atoms. The number of ketones is 1. The van der Waals surface area contributed by atoms with Crippen molar-refractivity contribution in [3.05, 3.63) is 35.9 Å². The van der Waals surface area contributed by atoms with E-state index in [4.69, 9.17) is 16.2 Å². The Morgan fingerprint density at radius 2 is 1.50 bits per heavy atom. The Hall–Kier alpha value is -2.96. The molecular formula is C22H34N5O8P. The molecule has 0 aromatic heterocycles. The van der Waals surface area contributed by atoms with Crippen LogP contribution in [0, 0.1) is 0 Å². The fourth-order valence-corrected chi connectivity index (χ4v) is 3.82. The van der Waals surface area contributed by atoms with E-state index < -0.39 is 67.4 Å². The van der Waals surface area contributed by atoms with Gasteiger partial charge in [0.05, 0.1) is 18.1 Å². The van der Waals surface area contributed by atoms with Crippen LogP contribution >= 0.6 is 8.38 Å². The molecule has 1 aromatic carbocycles. The molecule has 0 aliphatic heterocycles. The Bertz CT molecular complexity index is 959. The van der Waals surface area contributed by atoms with Gasteiger partial charge < -0.3 is 36.6 Å². The molecule has 0 saturated carbocycles. The van der Waals surface area contributed by atoms with Gasteiger partial charge in [-0.3, -0.25) is 24.1 Å². The number of hydrogen-bond acceptors (Lipinski definition) is 10. The minimum Gasteiger partial charge on any atom is -0.445 e. The first-order valence-corrected chi connectivity index (χ1v) is 12.3. The van der Waals surface area contributed by atoms with Gasteiger partial charge in [0.15, 0.2) is 11.1 Å². The molecule has 0 aliphatic rings. The molecule has 0 spiro atoms. The highest BCUT2D eigenvalue weighted by Gasteiger charge is 2.54. The number of alkyl carbamates (subject to hydrolysis) is 1. The van der Waals surface area contributed by atoms with Crippen molar-refractivity contribution in [2.45, 2.75) is 70.7 Å². The molecule has 8 N–H and O–H groups in total. The van der Waals surface area contributed by atoms with E-state index in [1.165, 1.54) is 27.7 Å². The molecule has 4 amide bonds. The number of nitrogens with zero attached hydrogens (tertiary/aromatic N) is 1. The van der Waals surface area contributed by atoms with Crippen LogP contribution in [-0.4, -0.2) is 73.7 Å². The summed E-state index contributed by atoms with van der Waals surface area (Å²) in [5.74, 6) is -4.03. The first kappa shape index (κ1) is 31.1. The van der Waals surface area contributed by atoms with Crippen molar-refractivity contribution in [3.8, 4) is 0 Å². The van der Waals surface area contributed by atoms with Crippen LogP contribution in [0.1, 0.15) is 40.2 Å². The van der Waals surface area contributed by atoms with Gasteiger partial charge in [-0.2, -0.15) is 0 Å². The smallest absolute Gasteiger partial charge is 0.408 e. The minimum absolute atomic E-state index is 0.0951. The second kappa shape index (κ2) is 13.4. The van der Waals surface area contributed by atoms with Crippen molar-refractivity contribution in [3.63, 3.8) is 0 Å². The average molecular weight is 528 g/mol. The van der Waals surface area contributed by atoms with Crippen molar-refractivity contribution in [1.82, 2.24) is 15.5 Å². The molecule has 1 aromatic rings. The van der Waals surface area contributed by atoms with E-state index in [2.05, 4.69) is 10.6 Å². The Morgan fingerprint density at radius 1 is 0.944 bits per heavy atom. The Balaban J connectivity index is 3.21. The van der Waals surface area contributed by atoms with Gasteiger partial charge in [-0.1, -0.05) is 30.3 Å². The second-order valence-corrected chi connectivity index (χ2v) is 9.87. The Kier molecular flexibility index (Phi) is 11.5. The van der Waals surface area contributed by atoms with E-state index in [9.17, 15) is 33.8 Å². The summed E-state index contributed by atoms with van der Waals surface area (Å²) in [4.78, 5) is 84.5. The molecule has 0 bridgehead atoms. The maximum absolute atomic E-state index is 13.4. The van der Waals surface area contributed by atoms with Crippen LogP contribution in [-0.2, 0) is 30.5 Å². The zero-order valence-corrected chi connectivity index (χ0v) is 21.7. The molecule has 0 unspecified atom stereocenters. The van der Waals surface area contributed by atoms with Crippen molar-refractivity contribution in [2.75, 3.05) is 0 Å². The molecule has 0 heterocycles. The number of Topliss-reactive ketones (excluding diaryl/α,β-unsaturated/α-hetero) is 1. The molecule has 0 aliphatic carbocycles. The summed E-state index contributed by atoms with van der Waals surface area (Å²) < 4.78 is 5.07. The molecule has 200 valence electrons. The average Bonchev–Trinajstić information content (AvgIpc) is 2.82. The number of amides is 4. The summed E-state index contributed by atoms with van der Waals surface area (Å²) in [5, 5.41) is 2.02. The molecule has 0 radical (unpaired) electrons. The number of carbonyl (C=O) groups is 5. The van der Waals surface area contributed by atoms with Crippen LogP contribution < -0.4 is 22.1 Å². The van der Waals surface area contributed by atoms with E-state index in [0.29, 0.717) is 10.5 Å². The van der Waals surface area contributed by atoms with Crippen LogP contribution in [0.3, 0.4) is 0 Å². The summed E-state index contributed by atoms with van der Waals surface area (Å²) in [6, 6.07) is 3.61. The Labute approximate surface area is 210 Å². The van der Waals surface area contributed by atoms with Gasteiger partial charge in [0.1, 0.15) is 12.6 Å². The van der Waals surface area contributed by atoms with Crippen LogP contribution in [0.15, 0.2) is 30.3 Å². The zero-order valence-electron chi connectivity index (χ0n) is 20.8. The summed E-state index contributed by atoms with van der Waals surface area (Å²) in [5.41, 5.74) is 11.8. The van der Waals surface area contributed by atoms with E-state index >= 15 is 0 Å². The van der Waals surface area contributed by atoms with Crippen LogP contribution in [0.25, 0.3) is 0 Å². The largest absolute Gasteiger partial charge is 0.445 e. The van der Waals surface area contributed by atoms with E-state index in [0.717, 1.165) is 6.92 Å². The number of imide groups is 1. The van der Waals surface area contributed by atoms with Gasteiger partial charge in [-0.05, 0) is 40.2 Å². The van der Waals surface area contributed by atoms with Gasteiger partial charge in [-0.15, -0.1) is 0 Å². The summed E-state index contributed by atoms with van der Waals surface area (Å²) in [7, 11) is -3.32. The molecule has 13 nitrogen and oxygen atoms in total. The van der Waals surface area contributed by atoms with Crippen LogP contribution in [0.2, 0.25) is 0 Å². The highest BCUT2D eigenvalue weighted by Crippen LogP contribution is 2.46. The Morgan fingerprint density at radius 3 is 1.97 bits per heavy atom. The normalized spacial score (nSPS) is 16.1. The van der Waals surface area contributed by atoms with E-state index in [-0.39, 0.29) is 6.61 Å². The number of hydrogen-bond donors (Lipinski definition) is 6. The van der Waals surface area contributed by atoms with Gasteiger partial charge in [0, 0.05) is 0 Å². The molecule has 0 saturated heterocycles. The summed E-state index contributed by atoms with van der Waals surface area (Å²) in [6.07, 6.45) is -0.990. The lowest BCUT2D eigenvalue weighted by Crippen LogP contribution is -2.66. The number of nitrogens with two attached hydrogens (primary N) is 2. The van der Waals surface area contributed by atoms with Gasteiger partial charge in [-0.25, -0.2) is 4.79 Å². The minimum atomic E-state index is -3.32. The molecular weight excluding hydrogens is 493 g/mol. The van der Waals surface area contributed by atoms with E-state index in [1.807, 2.05) is 0 Å². The monoisotopic (exact) mass is 527 g/mol. The first-order chi connectivity index (χ1) is 16.6. The lowest BCUT2D eigenvalue weighted by molar-refractivity contribution is -0.156. The maximum Gasteiger partial charge on any atom is 0.408 e. The van der Waals surface area contributed by atoms with Crippen LogP contribution in [0.4, 0.5) is 4.79 Å². The van der Waals surface area contributed by atoms with Gasteiger partial charge in [0.2, 0.25) is 20.2 Å². The van der Waals surface area contributed by atoms with Gasteiger partial charge >= 0.3 is 6.09 Å². The third kappa shape index (κ3) is 7.77. The van der Waals surface area contributed by atoms with Crippen LogP contribution in [0.5, 0.6) is 0 Å². The topological polar surface area (TPSA) is 214 Å². The standard InChI is InChI=1S/C22H34N5O8P/c1-12(23)18(29)25-15(4)20(31)27(19(30)13(2)24)22(5,36(33)34)17(28)14(3)26-21(32)35-11-16-9-7-6-8-10-16/h6-10,12-15,33-34H,11,23-24H2,1-5H3,(H,25,29)(H,26,32)/t12-,13-,14-,15-,22+/m0/s1. The van der Waals surface area contributed by atoms with Crippen molar-refractivity contribution >= 4 is 38.0 Å². The lowest BCUT2D eigenvalue weighted by Gasteiger charge is -2.41. The maximum atomic E-state index is 13.4. The third-order valence-electron chi connectivity index (χ3n) is 5.21. The van der Waals surface area contributed by atoms with Gasteiger partial charge in [0.25, 0.3) is 5.91 Å². The lowest BCUT2D eigenvalue weighted by atomic mass is 10.0. The number of ether oxygens (including phenoxy) is 1. The number of rotatable bonds is 11. The van der Waals surface area contributed by atoms with Crippen molar-refractivity contribution < 1.29 is 38.5 Å². The molecule has 0 fully saturated rings. The quantitative estimate of drug-likeness (QED) is 0.202. The highest BCUT2D eigenvalue weighted by molar-refractivity contribution is 7.48. The molecule has 14 heteroatoms. The predicted molar refractivity (Wildman–Crippen MR) is 131 cm³/mol. The number of benzene rings is 1. The number of carbonyl (C=O) groups excluding carboxylic acids is 5. The fourth-order valence-electron chi connectivity index (χ4n) is 3.06. The SMILES string of the molecule is C[C@H](N)C(=O)N[C@@H](C)C(=O)N(C(=O)[C@H](C)N)[C@@](C)(C(=O)[C@H](C)NC(=O)OCc1ccccc1)P(O)O. The zero-order chi connectivity index (χ0) is 27.8. The molecule has 1 rings (SSSR count). The third-order valence-corrected chi connectivity index (χ3v) is 6.40. The number of nitrogens with one attached hydrogen (secondary N) is 2. The van der Waals surface area contributed by atoms with Crippen molar-refractivity contribution in [2.24, 2.45) is 11.5 Å². The van der Waals surface area contributed by atoms with Crippen molar-refractivity contribution in [1.29, 1.82) is 0 Å². The molecule has 5 atom stereocenters. The highest BCUT2D eigenvalue weighted by atomic mass is 31.2. The summed E-state index contributed by atoms with van der Waals surface area (Å²) >= 11 is 0. The fraction of sp³-hybridized carbons (Fsp3) is 0.500. The summed E-state index contributed by atoms with van der Waals surface area (Å²) in [6.45, 7) is 5.93. The first-order valence-electron chi connectivity index (χ1n) is 11.0. The van der Waals surface area contributed by atoms with E-state index in [1.54, 1.807) is 30.3 Å². The second-order valence-electron chi connectivity index (χ2n) is 8.42.